The van der Waals surface area contributed by atoms with Gasteiger partial charge in [-0.3, -0.25) is 0 Å². The maximum absolute atomic E-state index is 12.4. The van der Waals surface area contributed by atoms with Crippen molar-refractivity contribution in [2.75, 3.05) is 7.05 Å². The molecule has 0 unspecified atom stereocenters. The molecule has 0 saturated carbocycles. The summed E-state index contributed by atoms with van der Waals surface area (Å²) in [6.45, 7) is 3.80. The number of nitrogens with one attached hydrogen (secondary N) is 2. The molecular formula is C20H23N3O6S. The highest BCUT2D eigenvalue weighted by molar-refractivity contribution is 7.88. The van der Waals surface area contributed by atoms with Gasteiger partial charge in [0.15, 0.2) is 11.5 Å². The zero-order valence-electron chi connectivity index (χ0n) is 16.8. The molecule has 2 aromatic rings. The van der Waals surface area contributed by atoms with E-state index in [1.54, 1.807) is 47.2 Å². The first kappa shape index (κ1) is 21.6. The monoisotopic (exact) mass is 433 g/mol. The Morgan fingerprint density at radius 3 is 2.53 bits per heavy atom. The van der Waals surface area contributed by atoms with E-state index in [0.29, 0.717) is 22.6 Å². The number of carbonyl (C=O) groups is 2. The van der Waals surface area contributed by atoms with Crippen LogP contribution in [-0.2, 0) is 23.2 Å². The van der Waals surface area contributed by atoms with Crippen LogP contribution in [0.5, 0.6) is 11.5 Å². The second-order valence-electron chi connectivity index (χ2n) is 7.43. The number of urea groups is 1. The van der Waals surface area contributed by atoms with Gasteiger partial charge in [-0.25, -0.2) is 19.2 Å². The number of hydrogen-bond donors (Lipinski definition) is 2. The smallest absolute Gasteiger partial charge is 0.423 e. The summed E-state index contributed by atoms with van der Waals surface area (Å²) in [5.74, 6) is 0.592. The van der Waals surface area contributed by atoms with Crippen LogP contribution in [0.4, 0.5) is 9.59 Å². The summed E-state index contributed by atoms with van der Waals surface area (Å²) in [7, 11) is -3.07. The molecule has 0 spiro atoms. The highest BCUT2D eigenvalue weighted by atomic mass is 32.2. The van der Waals surface area contributed by atoms with Crippen LogP contribution >= 0.6 is 0 Å². The lowest BCUT2D eigenvalue weighted by Gasteiger charge is -2.19. The van der Waals surface area contributed by atoms with Gasteiger partial charge in [0.1, 0.15) is 5.60 Å². The number of carbonyl (C=O) groups excluding carboxylic acids is 2. The summed E-state index contributed by atoms with van der Waals surface area (Å²) >= 11 is 0. The number of nitrogens with zero attached hydrogens (tertiary/aromatic N) is 1. The quantitative estimate of drug-likeness (QED) is 0.749. The molecule has 0 atom stereocenters. The Morgan fingerprint density at radius 2 is 1.83 bits per heavy atom. The first-order chi connectivity index (χ1) is 14.1. The number of rotatable bonds is 5. The van der Waals surface area contributed by atoms with Crippen molar-refractivity contribution in [1.29, 1.82) is 0 Å². The van der Waals surface area contributed by atoms with E-state index >= 15 is 0 Å². The lowest BCUT2D eigenvalue weighted by atomic mass is 10.0. The van der Waals surface area contributed by atoms with Crippen LogP contribution in [0.3, 0.4) is 0 Å². The van der Waals surface area contributed by atoms with Gasteiger partial charge in [-0.15, -0.1) is 0 Å². The fraction of sp³-hybridized carbons (Fsp3) is 0.300. The molecule has 30 heavy (non-hydrogen) atoms. The van der Waals surface area contributed by atoms with Crippen molar-refractivity contribution in [3.05, 3.63) is 59.7 Å². The van der Waals surface area contributed by atoms with Gasteiger partial charge in [-0.2, -0.15) is 13.1 Å². The van der Waals surface area contributed by atoms with Crippen LogP contribution in [0, 0.1) is 0 Å². The third-order valence-electron chi connectivity index (χ3n) is 4.36. The van der Waals surface area contributed by atoms with E-state index in [1.807, 2.05) is 19.9 Å². The third-order valence-corrected chi connectivity index (χ3v) is 5.33. The van der Waals surface area contributed by atoms with Crippen LogP contribution in [0.15, 0.2) is 48.5 Å². The van der Waals surface area contributed by atoms with E-state index in [4.69, 9.17) is 9.47 Å². The minimum atomic E-state index is -4.18. The van der Waals surface area contributed by atoms with Crippen molar-refractivity contribution < 1.29 is 27.5 Å². The van der Waals surface area contributed by atoms with Gasteiger partial charge in [0.2, 0.25) is 0 Å². The molecule has 0 radical (unpaired) electrons. The van der Waals surface area contributed by atoms with Gasteiger partial charge in [-0.05, 0) is 25.5 Å². The van der Waals surface area contributed by atoms with Gasteiger partial charge in [0, 0.05) is 25.6 Å². The number of ether oxygens (including phenoxy) is 2. The fourth-order valence-electron chi connectivity index (χ4n) is 2.91. The molecule has 9 nitrogen and oxygen atoms in total. The molecule has 0 aromatic heterocycles. The van der Waals surface area contributed by atoms with E-state index in [-0.39, 0.29) is 12.3 Å². The lowest BCUT2D eigenvalue weighted by molar-refractivity contribution is 0.129. The van der Waals surface area contributed by atoms with E-state index in [0.717, 1.165) is 12.6 Å². The molecule has 0 bridgehead atoms. The Bertz CT molecular complexity index is 1050. The first-order valence-corrected chi connectivity index (χ1v) is 10.7. The number of amides is 3. The fourth-order valence-corrected chi connectivity index (χ4v) is 3.70. The number of fused-ring (bicyclic) bond motifs is 1. The van der Waals surface area contributed by atoms with E-state index in [1.165, 1.54) is 0 Å². The molecule has 1 heterocycles. The molecule has 0 aliphatic carbocycles. The van der Waals surface area contributed by atoms with Gasteiger partial charge in [0.05, 0.1) is 0 Å². The Balaban J connectivity index is 1.60. The highest BCUT2D eigenvalue weighted by Crippen LogP contribution is 2.41. The van der Waals surface area contributed by atoms with Crippen molar-refractivity contribution in [3.63, 3.8) is 0 Å². The standard InChI is InChI=1S/C20H23N3O6S/c1-20(2)12-15-10-7-11-16(17(15)29-20)28-19(25)23(3)18(24)22-30(26,27)21-13-14-8-5-4-6-9-14/h4-11,21H,12-13H2,1-3H3,(H,22,24). The first-order valence-electron chi connectivity index (χ1n) is 9.18. The molecule has 1 aliphatic heterocycles. The molecule has 2 N–H and O–H groups in total. The zero-order chi connectivity index (χ0) is 21.9. The maximum Gasteiger partial charge on any atom is 0.423 e. The molecule has 3 rings (SSSR count). The van der Waals surface area contributed by atoms with Crippen LogP contribution in [0.25, 0.3) is 0 Å². The average molecular weight is 433 g/mol. The van der Waals surface area contributed by atoms with E-state index in [2.05, 4.69) is 4.72 Å². The molecule has 0 saturated heterocycles. The van der Waals surface area contributed by atoms with Crippen molar-refractivity contribution in [2.24, 2.45) is 0 Å². The summed E-state index contributed by atoms with van der Waals surface area (Å²) in [5, 5.41) is 0. The second-order valence-corrected chi connectivity index (χ2v) is 8.93. The van der Waals surface area contributed by atoms with Crippen LogP contribution in [-0.4, -0.2) is 38.1 Å². The van der Waals surface area contributed by atoms with Crippen LogP contribution in [0.1, 0.15) is 25.0 Å². The van der Waals surface area contributed by atoms with Crippen molar-refractivity contribution in [2.45, 2.75) is 32.4 Å². The SMILES string of the molecule is CN(C(=O)NS(=O)(=O)NCc1ccccc1)C(=O)Oc1cccc2c1OC(C)(C)C2. The molecule has 2 aromatic carbocycles. The van der Waals surface area contributed by atoms with Gasteiger partial charge in [0.25, 0.3) is 0 Å². The number of imide groups is 1. The molecule has 10 heteroatoms. The predicted octanol–water partition coefficient (Wildman–Crippen LogP) is 2.57. The Hall–Kier alpha value is -3.11. The number of para-hydroxylation sites is 1. The number of benzene rings is 2. The molecule has 1 aliphatic rings. The normalized spacial score (nSPS) is 14.4. The van der Waals surface area contributed by atoms with E-state index in [9.17, 15) is 18.0 Å². The zero-order valence-corrected chi connectivity index (χ0v) is 17.7. The predicted molar refractivity (Wildman–Crippen MR) is 109 cm³/mol. The minimum Gasteiger partial charge on any atom is -0.483 e. The van der Waals surface area contributed by atoms with Crippen molar-refractivity contribution in [1.82, 2.24) is 14.3 Å². The summed E-state index contributed by atoms with van der Waals surface area (Å²) in [6.07, 6.45) is -0.400. The lowest BCUT2D eigenvalue weighted by Crippen LogP contribution is -2.48. The molecule has 160 valence electrons. The summed E-state index contributed by atoms with van der Waals surface area (Å²) in [5.41, 5.74) is 1.15. The largest absolute Gasteiger partial charge is 0.483 e. The maximum atomic E-state index is 12.4. The van der Waals surface area contributed by atoms with Gasteiger partial charge >= 0.3 is 22.3 Å². The summed E-state index contributed by atoms with van der Waals surface area (Å²) < 4.78 is 39.3. The summed E-state index contributed by atoms with van der Waals surface area (Å²) in [6, 6.07) is 12.7. The highest BCUT2D eigenvalue weighted by Gasteiger charge is 2.33. The number of hydrogen-bond acceptors (Lipinski definition) is 6. The molecule has 0 fully saturated rings. The second kappa shape index (κ2) is 8.33. The van der Waals surface area contributed by atoms with E-state index < -0.39 is 27.9 Å². The van der Waals surface area contributed by atoms with Crippen LogP contribution in [0.2, 0.25) is 0 Å². The average Bonchev–Trinajstić information content (AvgIpc) is 3.01. The Morgan fingerprint density at radius 1 is 1.13 bits per heavy atom. The van der Waals surface area contributed by atoms with Crippen molar-refractivity contribution in [3.8, 4) is 11.5 Å². The summed E-state index contributed by atoms with van der Waals surface area (Å²) in [4.78, 5) is 25.1. The minimum absolute atomic E-state index is 0.0130. The topological polar surface area (TPSA) is 114 Å². The van der Waals surface area contributed by atoms with Crippen molar-refractivity contribution >= 4 is 22.3 Å². The molecular weight excluding hydrogens is 410 g/mol. The Labute approximate surface area is 175 Å². The van der Waals surface area contributed by atoms with Gasteiger partial charge < -0.3 is 9.47 Å². The Kier molecular flexibility index (Phi) is 5.99. The van der Waals surface area contributed by atoms with Crippen LogP contribution < -0.4 is 18.9 Å². The third kappa shape index (κ3) is 5.28. The van der Waals surface area contributed by atoms with Gasteiger partial charge in [-0.1, -0.05) is 42.5 Å². The molecule has 3 amide bonds.